The Bertz CT molecular complexity index is 309. The highest BCUT2D eigenvalue weighted by Gasteiger charge is 2.26. The molecule has 2 unspecified atom stereocenters. The maximum atomic E-state index is 3.99. The van der Waals surface area contributed by atoms with Crippen LogP contribution in [0.2, 0.25) is 0 Å². The Morgan fingerprint density at radius 2 is 2.25 bits per heavy atom. The molecule has 1 aliphatic rings. The molecule has 1 saturated heterocycles. The topological polar surface area (TPSA) is 69.7 Å². The molecule has 2 N–H and O–H groups in total. The number of tetrazole rings is 1. The molecule has 0 bridgehead atoms. The fourth-order valence-corrected chi connectivity index (χ4v) is 2.17. The van der Waals surface area contributed by atoms with Crippen molar-refractivity contribution in [1.29, 1.82) is 0 Å². The fourth-order valence-electron chi connectivity index (χ4n) is 2.17. The largest absolute Gasteiger partial charge is 0.303 e. The molecule has 2 atom stereocenters. The lowest BCUT2D eigenvalue weighted by Crippen LogP contribution is -2.36. The Kier molecular flexibility index (Phi) is 3.50. The van der Waals surface area contributed by atoms with E-state index in [-0.39, 0.29) is 6.04 Å². The lowest BCUT2D eigenvalue weighted by atomic mass is 10.2. The standard InChI is InChI=1S/C10H20N6/c1-7(2)16-5-4-9(6-16)11-8(3)10-12-14-15-13-10/h7-9,11H,4-6H2,1-3H3,(H,12,13,14,15). The summed E-state index contributed by atoms with van der Waals surface area (Å²) < 4.78 is 0. The van der Waals surface area contributed by atoms with Crippen LogP contribution in [0.4, 0.5) is 0 Å². The highest BCUT2D eigenvalue weighted by atomic mass is 15.5. The third-order valence-electron chi connectivity index (χ3n) is 3.18. The second-order valence-electron chi connectivity index (χ2n) is 4.73. The number of rotatable bonds is 4. The van der Waals surface area contributed by atoms with E-state index in [2.05, 4.69) is 51.6 Å². The smallest absolute Gasteiger partial charge is 0.191 e. The predicted molar refractivity (Wildman–Crippen MR) is 60.8 cm³/mol. The minimum atomic E-state index is 0.163. The van der Waals surface area contributed by atoms with Gasteiger partial charge in [0.1, 0.15) is 0 Å². The third-order valence-corrected chi connectivity index (χ3v) is 3.18. The first kappa shape index (κ1) is 11.5. The van der Waals surface area contributed by atoms with Crippen molar-refractivity contribution in [3.63, 3.8) is 0 Å². The van der Waals surface area contributed by atoms with E-state index in [9.17, 15) is 0 Å². The molecule has 1 aromatic rings. The van der Waals surface area contributed by atoms with Crippen molar-refractivity contribution < 1.29 is 0 Å². The molecule has 6 nitrogen and oxygen atoms in total. The van der Waals surface area contributed by atoms with Crippen LogP contribution in [0.1, 0.15) is 39.1 Å². The van der Waals surface area contributed by atoms with Gasteiger partial charge >= 0.3 is 0 Å². The van der Waals surface area contributed by atoms with Crippen LogP contribution in [0.5, 0.6) is 0 Å². The summed E-state index contributed by atoms with van der Waals surface area (Å²) in [6, 6.07) is 1.33. The summed E-state index contributed by atoms with van der Waals surface area (Å²) in [4.78, 5) is 2.49. The molecule has 1 aliphatic heterocycles. The van der Waals surface area contributed by atoms with Crippen LogP contribution in [-0.2, 0) is 0 Å². The third kappa shape index (κ3) is 2.56. The first-order valence-electron chi connectivity index (χ1n) is 5.90. The number of nitrogens with one attached hydrogen (secondary N) is 2. The zero-order valence-electron chi connectivity index (χ0n) is 10.1. The predicted octanol–water partition coefficient (Wildman–Crippen LogP) is 0.333. The SMILES string of the molecule is CC(NC1CCN(C(C)C)C1)c1nn[nH]n1. The van der Waals surface area contributed by atoms with E-state index >= 15 is 0 Å². The quantitative estimate of drug-likeness (QED) is 0.771. The average Bonchev–Trinajstić information content (AvgIpc) is 2.87. The van der Waals surface area contributed by atoms with Crippen molar-refractivity contribution in [2.24, 2.45) is 0 Å². The Balaban J connectivity index is 1.83. The van der Waals surface area contributed by atoms with Gasteiger partial charge in [0.2, 0.25) is 0 Å². The lowest BCUT2D eigenvalue weighted by molar-refractivity contribution is 0.265. The Hall–Kier alpha value is -1.01. The number of aromatic amines is 1. The van der Waals surface area contributed by atoms with Gasteiger partial charge in [-0.25, -0.2) is 0 Å². The molecule has 2 heterocycles. The number of aromatic nitrogens is 4. The van der Waals surface area contributed by atoms with Gasteiger partial charge in [0, 0.05) is 18.6 Å². The van der Waals surface area contributed by atoms with Crippen LogP contribution in [0.15, 0.2) is 0 Å². The van der Waals surface area contributed by atoms with Crippen molar-refractivity contribution in [3.05, 3.63) is 5.82 Å². The minimum Gasteiger partial charge on any atom is -0.303 e. The first-order chi connectivity index (χ1) is 7.66. The Morgan fingerprint density at radius 3 is 2.81 bits per heavy atom. The summed E-state index contributed by atoms with van der Waals surface area (Å²) in [6.07, 6.45) is 1.19. The van der Waals surface area contributed by atoms with Crippen LogP contribution in [0.25, 0.3) is 0 Å². The summed E-state index contributed by atoms with van der Waals surface area (Å²) in [5.74, 6) is 0.739. The molecule has 6 heteroatoms. The van der Waals surface area contributed by atoms with Crippen molar-refractivity contribution in [2.75, 3.05) is 13.1 Å². The van der Waals surface area contributed by atoms with Gasteiger partial charge in [0.15, 0.2) is 5.82 Å². The Labute approximate surface area is 95.8 Å². The highest BCUT2D eigenvalue weighted by molar-refractivity contribution is 4.91. The fraction of sp³-hybridized carbons (Fsp3) is 0.900. The molecule has 0 aliphatic carbocycles. The van der Waals surface area contributed by atoms with Gasteiger partial charge in [-0.3, -0.25) is 4.90 Å². The van der Waals surface area contributed by atoms with E-state index in [4.69, 9.17) is 0 Å². The van der Waals surface area contributed by atoms with Crippen LogP contribution in [0.3, 0.4) is 0 Å². The van der Waals surface area contributed by atoms with E-state index < -0.39 is 0 Å². The highest BCUT2D eigenvalue weighted by Crippen LogP contribution is 2.15. The van der Waals surface area contributed by atoms with E-state index in [0.717, 1.165) is 12.4 Å². The summed E-state index contributed by atoms with van der Waals surface area (Å²) in [7, 11) is 0. The number of hydrogen-bond donors (Lipinski definition) is 2. The van der Waals surface area contributed by atoms with Crippen LogP contribution in [-0.4, -0.2) is 50.7 Å². The lowest BCUT2D eigenvalue weighted by Gasteiger charge is -2.21. The van der Waals surface area contributed by atoms with Crippen molar-refractivity contribution in [2.45, 2.75) is 45.3 Å². The summed E-state index contributed by atoms with van der Waals surface area (Å²) in [6.45, 7) is 8.84. The number of H-pyrrole nitrogens is 1. The molecule has 0 radical (unpaired) electrons. The molecule has 0 amide bonds. The maximum absolute atomic E-state index is 3.99. The summed E-state index contributed by atoms with van der Waals surface area (Å²) in [5.41, 5.74) is 0. The molecule has 0 spiro atoms. The van der Waals surface area contributed by atoms with Gasteiger partial charge < -0.3 is 5.32 Å². The summed E-state index contributed by atoms with van der Waals surface area (Å²) in [5, 5.41) is 17.6. The maximum Gasteiger partial charge on any atom is 0.191 e. The number of nitrogens with zero attached hydrogens (tertiary/aromatic N) is 4. The van der Waals surface area contributed by atoms with E-state index in [1.54, 1.807) is 0 Å². The van der Waals surface area contributed by atoms with Crippen molar-refractivity contribution in [1.82, 2.24) is 30.8 Å². The minimum absolute atomic E-state index is 0.163. The van der Waals surface area contributed by atoms with Crippen LogP contribution < -0.4 is 5.32 Å². The van der Waals surface area contributed by atoms with Crippen molar-refractivity contribution in [3.8, 4) is 0 Å². The summed E-state index contributed by atoms with van der Waals surface area (Å²) >= 11 is 0. The molecule has 0 aromatic carbocycles. The average molecular weight is 224 g/mol. The van der Waals surface area contributed by atoms with E-state index in [1.807, 2.05) is 0 Å². The van der Waals surface area contributed by atoms with Gasteiger partial charge in [-0.05, 0) is 33.7 Å². The number of hydrogen-bond acceptors (Lipinski definition) is 5. The van der Waals surface area contributed by atoms with Crippen LogP contribution >= 0.6 is 0 Å². The zero-order chi connectivity index (χ0) is 11.5. The van der Waals surface area contributed by atoms with Gasteiger partial charge in [0.25, 0.3) is 0 Å². The second kappa shape index (κ2) is 4.88. The van der Waals surface area contributed by atoms with Crippen LogP contribution in [0, 0.1) is 0 Å². The normalized spacial score (nSPS) is 24.1. The molecule has 1 aromatic heterocycles. The number of likely N-dealkylation sites (tertiary alicyclic amines) is 1. The molecular formula is C10H20N6. The molecule has 16 heavy (non-hydrogen) atoms. The van der Waals surface area contributed by atoms with Gasteiger partial charge in [-0.1, -0.05) is 5.21 Å². The molecule has 0 saturated carbocycles. The molecule has 90 valence electrons. The molecule has 1 fully saturated rings. The van der Waals surface area contributed by atoms with E-state index in [0.29, 0.717) is 12.1 Å². The van der Waals surface area contributed by atoms with Gasteiger partial charge in [-0.15, -0.1) is 10.2 Å². The van der Waals surface area contributed by atoms with E-state index in [1.165, 1.54) is 13.0 Å². The zero-order valence-corrected chi connectivity index (χ0v) is 10.1. The monoisotopic (exact) mass is 224 g/mol. The first-order valence-corrected chi connectivity index (χ1v) is 5.90. The van der Waals surface area contributed by atoms with Gasteiger partial charge in [0.05, 0.1) is 6.04 Å². The second-order valence-corrected chi connectivity index (χ2v) is 4.73. The Morgan fingerprint density at radius 1 is 1.44 bits per heavy atom. The molecule has 2 rings (SSSR count). The van der Waals surface area contributed by atoms with Crippen molar-refractivity contribution >= 4 is 0 Å². The molecular weight excluding hydrogens is 204 g/mol. The van der Waals surface area contributed by atoms with Gasteiger partial charge in [-0.2, -0.15) is 5.21 Å².